The summed E-state index contributed by atoms with van der Waals surface area (Å²) >= 11 is 0. The van der Waals surface area contributed by atoms with Crippen molar-refractivity contribution in [1.82, 2.24) is 9.80 Å². The zero-order chi connectivity index (χ0) is 27.2. The van der Waals surface area contributed by atoms with Crippen LogP contribution in [0.4, 0.5) is 14.5 Å². The third-order valence-electron chi connectivity index (χ3n) is 6.87. The number of piperazine rings is 1. The predicted molar refractivity (Wildman–Crippen MR) is 146 cm³/mol. The molecule has 1 aliphatic heterocycles. The lowest BCUT2D eigenvalue weighted by atomic mass is 10.1. The second-order valence-corrected chi connectivity index (χ2v) is 9.62. The van der Waals surface area contributed by atoms with E-state index in [0.29, 0.717) is 57.3 Å². The number of carbonyl (C=O) groups is 1. The highest BCUT2D eigenvalue weighted by atomic mass is 19.1. The first-order chi connectivity index (χ1) is 19.0. The van der Waals surface area contributed by atoms with Gasteiger partial charge in [0.25, 0.3) is 5.91 Å². The van der Waals surface area contributed by atoms with E-state index in [1.165, 1.54) is 18.2 Å². The number of amides is 1. The van der Waals surface area contributed by atoms with Crippen molar-refractivity contribution < 1.29 is 22.7 Å². The number of furan rings is 1. The van der Waals surface area contributed by atoms with Crippen molar-refractivity contribution >= 4 is 11.6 Å². The van der Waals surface area contributed by atoms with Gasteiger partial charge in [-0.1, -0.05) is 36.4 Å². The minimum Gasteiger partial charge on any atom is -0.497 e. The minimum absolute atomic E-state index is 0.179. The molecule has 6 nitrogen and oxygen atoms in total. The van der Waals surface area contributed by atoms with Gasteiger partial charge in [-0.2, -0.15) is 0 Å². The van der Waals surface area contributed by atoms with Crippen LogP contribution in [0.5, 0.6) is 5.75 Å². The van der Waals surface area contributed by atoms with E-state index >= 15 is 0 Å². The zero-order valence-corrected chi connectivity index (χ0v) is 21.9. The summed E-state index contributed by atoms with van der Waals surface area (Å²) in [6.07, 6.45) is 0. The fourth-order valence-electron chi connectivity index (χ4n) is 4.86. The number of nitrogens with zero attached hydrogens (tertiary/aromatic N) is 3. The van der Waals surface area contributed by atoms with E-state index in [2.05, 4.69) is 4.90 Å². The summed E-state index contributed by atoms with van der Waals surface area (Å²) in [7, 11) is 1.63. The van der Waals surface area contributed by atoms with E-state index in [9.17, 15) is 13.6 Å². The highest BCUT2D eigenvalue weighted by Gasteiger charge is 2.25. The lowest BCUT2D eigenvalue weighted by Crippen LogP contribution is -2.49. The first-order valence-electron chi connectivity index (χ1n) is 13.0. The van der Waals surface area contributed by atoms with E-state index < -0.39 is 0 Å². The van der Waals surface area contributed by atoms with Crippen LogP contribution in [0.1, 0.15) is 27.4 Å². The predicted octanol–water partition coefficient (Wildman–Crippen LogP) is 5.73. The molecule has 3 aromatic carbocycles. The van der Waals surface area contributed by atoms with Crippen LogP contribution in [0.2, 0.25) is 0 Å². The molecule has 8 heteroatoms. The highest BCUT2D eigenvalue weighted by Crippen LogP contribution is 2.22. The maximum atomic E-state index is 14.2. The van der Waals surface area contributed by atoms with Gasteiger partial charge < -0.3 is 19.0 Å². The largest absolute Gasteiger partial charge is 0.497 e. The Bertz CT molecular complexity index is 1400. The van der Waals surface area contributed by atoms with Crippen LogP contribution in [0, 0.1) is 11.6 Å². The number of methoxy groups -OCH3 is 1. The zero-order valence-electron chi connectivity index (χ0n) is 21.9. The number of ether oxygens (including phenoxy) is 1. The standard InChI is InChI=1S/C31H31F2N3O3/c1-38-26-11-9-23(10-12-26)20-34(21-24-5-4-6-25(32)19-24)22-27-13-14-30(39-27)31(37)36-17-15-35(16-18-36)29-8-3-2-7-28(29)33/h2-14,19H,15-18,20-22H2,1H3. The molecule has 5 rings (SSSR count). The number of carbonyl (C=O) groups excluding carboxylic acids is 1. The van der Waals surface area contributed by atoms with Crippen molar-refractivity contribution in [2.75, 3.05) is 38.2 Å². The SMILES string of the molecule is COc1ccc(CN(Cc2cccc(F)c2)Cc2ccc(C(=O)N3CCN(c4ccccc4F)CC3)o2)cc1. The van der Waals surface area contributed by atoms with E-state index in [4.69, 9.17) is 9.15 Å². The molecule has 0 aliphatic carbocycles. The summed E-state index contributed by atoms with van der Waals surface area (Å²) < 4.78 is 39.3. The van der Waals surface area contributed by atoms with Gasteiger partial charge in [-0.3, -0.25) is 9.69 Å². The average molecular weight is 532 g/mol. The van der Waals surface area contributed by atoms with Crippen LogP contribution in [0.25, 0.3) is 0 Å². The van der Waals surface area contributed by atoms with Crippen molar-refractivity contribution in [3.63, 3.8) is 0 Å². The van der Waals surface area contributed by atoms with Crippen molar-refractivity contribution in [3.8, 4) is 5.75 Å². The number of anilines is 1. The van der Waals surface area contributed by atoms with Crippen molar-refractivity contribution in [1.29, 1.82) is 0 Å². The van der Waals surface area contributed by atoms with E-state index in [1.54, 1.807) is 36.3 Å². The molecule has 39 heavy (non-hydrogen) atoms. The van der Waals surface area contributed by atoms with Gasteiger partial charge in [-0.25, -0.2) is 8.78 Å². The molecule has 0 atom stereocenters. The smallest absolute Gasteiger partial charge is 0.289 e. The summed E-state index contributed by atoms with van der Waals surface area (Å²) in [6.45, 7) is 3.59. The molecule has 0 spiro atoms. The topological polar surface area (TPSA) is 49.2 Å². The molecule has 4 aromatic rings. The average Bonchev–Trinajstić information content (AvgIpc) is 3.42. The Morgan fingerprint density at radius 1 is 0.846 bits per heavy atom. The Labute approximate surface area is 227 Å². The molecule has 0 N–H and O–H groups in total. The normalized spacial score (nSPS) is 13.6. The van der Waals surface area contributed by atoms with Crippen LogP contribution in [-0.2, 0) is 19.6 Å². The third-order valence-corrected chi connectivity index (χ3v) is 6.87. The van der Waals surface area contributed by atoms with Crippen molar-refractivity contribution in [3.05, 3.63) is 119 Å². The highest BCUT2D eigenvalue weighted by molar-refractivity contribution is 5.91. The van der Waals surface area contributed by atoms with Gasteiger partial charge in [0, 0.05) is 39.3 Å². The van der Waals surface area contributed by atoms with Gasteiger partial charge in [0.05, 0.1) is 19.3 Å². The number of halogens is 2. The van der Waals surface area contributed by atoms with Gasteiger partial charge >= 0.3 is 0 Å². The number of rotatable bonds is 9. The molecule has 1 aliphatic rings. The van der Waals surface area contributed by atoms with E-state index in [-0.39, 0.29) is 23.3 Å². The first kappa shape index (κ1) is 26.4. The summed E-state index contributed by atoms with van der Waals surface area (Å²) in [5.74, 6) is 0.983. The number of hydrogen-bond acceptors (Lipinski definition) is 5. The number of hydrogen-bond donors (Lipinski definition) is 0. The molecule has 1 saturated heterocycles. The summed E-state index contributed by atoms with van der Waals surface area (Å²) in [5.41, 5.74) is 2.47. The first-order valence-corrected chi connectivity index (χ1v) is 13.0. The maximum absolute atomic E-state index is 14.2. The molecule has 0 unspecified atom stereocenters. The van der Waals surface area contributed by atoms with Crippen LogP contribution in [0.3, 0.4) is 0 Å². The number of para-hydroxylation sites is 1. The van der Waals surface area contributed by atoms with Crippen molar-refractivity contribution in [2.45, 2.75) is 19.6 Å². The molecular weight excluding hydrogens is 500 g/mol. The molecule has 1 aromatic heterocycles. The minimum atomic E-state index is -0.280. The van der Waals surface area contributed by atoms with Crippen LogP contribution in [0.15, 0.2) is 89.3 Å². The summed E-state index contributed by atoms with van der Waals surface area (Å²) in [6, 6.07) is 24.6. The van der Waals surface area contributed by atoms with Gasteiger partial charge in [-0.05, 0) is 59.7 Å². The van der Waals surface area contributed by atoms with Crippen LogP contribution < -0.4 is 9.64 Å². The molecule has 1 amide bonds. The fourth-order valence-corrected chi connectivity index (χ4v) is 4.86. The fraction of sp³-hybridized carbons (Fsp3) is 0.258. The van der Waals surface area contributed by atoms with Crippen LogP contribution >= 0.6 is 0 Å². The molecular formula is C31H31F2N3O3. The van der Waals surface area contributed by atoms with Gasteiger partial charge in [0.1, 0.15) is 23.1 Å². The van der Waals surface area contributed by atoms with E-state index in [0.717, 1.165) is 16.9 Å². The lowest BCUT2D eigenvalue weighted by Gasteiger charge is -2.35. The third kappa shape index (κ3) is 6.64. The molecule has 1 fully saturated rings. The Morgan fingerprint density at radius 3 is 2.31 bits per heavy atom. The molecule has 202 valence electrons. The van der Waals surface area contributed by atoms with Gasteiger partial charge in [-0.15, -0.1) is 0 Å². The molecule has 0 radical (unpaired) electrons. The van der Waals surface area contributed by atoms with Crippen LogP contribution in [-0.4, -0.2) is 49.0 Å². The van der Waals surface area contributed by atoms with Crippen molar-refractivity contribution in [2.24, 2.45) is 0 Å². The maximum Gasteiger partial charge on any atom is 0.289 e. The number of benzene rings is 3. The summed E-state index contributed by atoms with van der Waals surface area (Å²) in [5, 5.41) is 0. The second-order valence-electron chi connectivity index (χ2n) is 9.62. The Kier molecular flexibility index (Phi) is 8.22. The monoisotopic (exact) mass is 531 g/mol. The molecule has 0 saturated carbocycles. The summed E-state index contributed by atoms with van der Waals surface area (Å²) in [4.78, 5) is 19.0. The Balaban J connectivity index is 1.24. The van der Waals surface area contributed by atoms with Gasteiger partial charge in [0.2, 0.25) is 0 Å². The Morgan fingerprint density at radius 2 is 1.59 bits per heavy atom. The van der Waals surface area contributed by atoms with E-state index in [1.807, 2.05) is 47.4 Å². The quantitative estimate of drug-likeness (QED) is 0.276. The molecule has 2 heterocycles. The molecule has 0 bridgehead atoms. The van der Waals surface area contributed by atoms with Gasteiger partial charge in [0.15, 0.2) is 5.76 Å². The lowest BCUT2D eigenvalue weighted by molar-refractivity contribution is 0.0710. The Hall–Kier alpha value is -4.17. The second kappa shape index (κ2) is 12.1.